The number of nitrogens with one attached hydrogen (secondary N) is 2. The fourth-order valence-electron chi connectivity index (χ4n) is 4.44. The SMILES string of the molecule is C[C@H](O)CNc1nccc(-n2ccnc2Cc2cccc(NC(=O)C(c3ccc(Cl)cc3)c3ccc(Cl)cc3)c2)n1. The van der Waals surface area contributed by atoms with Crippen molar-refractivity contribution in [2.75, 3.05) is 17.2 Å². The molecule has 0 aliphatic heterocycles. The number of amides is 1. The van der Waals surface area contributed by atoms with Crippen molar-refractivity contribution < 1.29 is 9.90 Å². The van der Waals surface area contributed by atoms with Gasteiger partial charge in [0.2, 0.25) is 11.9 Å². The largest absolute Gasteiger partial charge is 0.392 e. The maximum Gasteiger partial charge on any atom is 0.236 e. The summed E-state index contributed by atoms with van der Waals surface area (Å²) in [5, 5.41) is 16.9. The molecule has 0 bridgehead atoms. The fraction of sp³-hybridized carbons (Fsp3) is 0.161. The number of aliphatic hydroxyl groups excluding tert-OH is 1. The van der Waals surface area contributed by atoms with Gasteiger partial charge in [-0.3, -0.25) is 9.36 Å². The maximum atomic E-state index is 13.6. The second kappa shape index (κ2) is 13.0. The lowest BCUT2D eigenvalue weighted by Crippen LogP contribution is -2.22. The predicted octanol–water partition coefficient (Wildman–Crippen LogP) is 6.12. The zero-order valence-electron chi connectivity index (χ0n) is 22.2. The molecule has 0 spiro atoms. The minimum Gasteiger partial charge on any atom is -0.392 e. The van der Waals surface area contributed by atoms with Crippen molar-refractivity contribution >= 4 is 40.7 Å². The summed E-state index contributed by atoms with van der Waals surface area (Å²) in [4.78, 5) is 27.0. The summed E-state index contributed by atoms with van der Waals surface area (Å²) in [6.45, 7) is 2.03. The highest BCUT2D eigenvalue weighted by atomic mass is 35.5. The third kappa shape index (κ3) is 7.29. The van der Waals surface area contributed by atoms with E-state index >= 15 is 0 Å². The lowest BCUT2D eigenvalue weighted by atomic mass is 9.90. The highest BCUT2D eigenvalue weighted by Crippen LogP contribution is 2.29. The number of hydrogen-bond acceptors (Lipinski definition) is 6. The normalized spacial score (nSPS) is 11.8. The summed E-state index contributed by atoms with van der Waals surface area (Å²) in [5.41, 5.74) is 3.27. The number of benzene rings is 3. The Bertz CT molecular complexity index is 1580. The Balaban J connectivity index is 1.35. The molecule has 0 aliphatic carbocycles. The van der Waals surface area contributed by atoms with Crippen LogP contribution >= 0.6 is 23.2 Å². The molecular weight excluding hydrogens is 559 g/mol. The maximum absolute atomic E-state index is 13.6. The Labute approximate surface area is 248 Å². The number of halogens is 2. The molecular formula is C31H28Cl2N6O2. The number of aliphatic hydroxyl groups is 1. The van der Waals surface area contributed by atoms with Crippen LogP contribution < -0.4 is 10.6 Å². The fourth-order valence-corrected chi connectivity index (χ4v) is 4.69. The van der Waals surface area contributed by atoms with Gasteiger partial charge in [0.25, 0.3) is 0 Å². The first kappa shape index (κ1) is 28.3. The zero-order chi connectivity index (χ0) is 28.8. The summed E-state index contributed by atoms with van der Waals surface area (Å²) >= 11 is 12.2. The van der Waals surface area contributed by atoms with Crippen molar-refractivity contribution in [1.82, 2.24) is 19.5 Å². The molecule has 10 heteroatoms. The van der Waals surface area contributed by atoms with Gasteiger partial charge in [0.1, 0.15) is 11.6 Å². The lowest BCUT2D eigenvalue weighted by Gasteiger charge is -2.18. The molecule has 3 aromatic carbocycles. The van der Waals surface area contributed by atoms with Crippen LogP contribution in [0.2, 0.25) is 10.0 Å². The monoisotopic (exact) mass is 586 g/mol. The van der Waals surface area contributed by atoms with Crippen molar-refractivity contribution in [1.29, 1.82) is 0 Å². The van der Waals surface area contributed by atoms with E-state index in [1.165, 1.54) is 0 Å². The lowest BCUT2D eigenvalue weighted by molar-refractivity contribution is -0.116. The molecule has 8 nitrogen and oxygen atoms in total. The quantitative estimate of drug-likeness (QED) is 0.182. The van der Waals surface area contributed by atoms with E-state index in [1.807, 2.05) is 59.3 Å². The molecule has 5 rings (SSSR count). The molecule has 3 N–H and O–H groups in total. The second-order valence-electron chi connectivity index (χ2n) is 9.58. The van der Waals surface area contributed by atoms with Gasteiger partial charge in [-0.1, -0.05) is 59.6 Å². The van der Waals surface area contributed by atoms with Crippen LogP contribution in [0.1, 0.15) is 35.4 Å². The number of carbonyl (C=O) groups is 1. The van der Waals surface area contributed by atoms with E-state index < -0.39 is 12.0 Å². The van der Waals surface area contributed by atoms with Gasteiger partial charge in [0.05, 0.1) is 12.0 Å². The number of nitrogens with zero attached hydrogens (tertiary/aromatic N) is 4. The average molecular weight is 588 g/mol. The molecule has 2 aromatic heterocycles. The van der Waals surface area contributed by atoms with Crippen LogP contribution in [0.5, 0.6) is 0 Å². The number of aromatic nitrogens is 4. The Morgan fingerprint density at radius 1 is 0.927 bits per heavy atom. The van der Waals surface area contributed by atoms with E-state index in [2.05, 4.69) is 25.6 Å². The molecule has 1 amide bonds. The molecule has 41 heavy (non-hydrogen) atoms. The van der Waals surface area contributed by atoms with Crippen molar-refractivity contribution in [3.63, 3.8) is 0 Å². The van der Waals surface area contributed by atoms with Gasteiger partial charge in [-0.05, 0) is 66.1 Å². The minimum atomic E-state index is -0.554. The molecule has 0 unspecified atom stereocenters. The van der Waals surface area contributed by atoms with E-state index in [1.54, 1.807) is 49.6 Å². The number of rotatable bonds is 10. The van der Waals surface area contributed by atoms with Crippen LogP contribution in [-0.4, -0.2) is 43.2 Å². The van der Waals surface area contributed by atoms with E-state index in [4.69, 9.17) is 23.2 Å². The third-order valence-corrected chi connectivity index (χ3v) is 6.89. The Morgan fingerprint density at radius 3 is 2.27 bits per heavy atom. The van der Waals surface area contributed by atoms with Crippen LogP contribution in [0.25, 0.3) is 5.82 Å². The molecule has 1 atom stereocenters. The van der Waals surface area contributed by atoms with Gasteiger partial charge in [-0.2, -0.15) is 4.98 Å². The molecule has 2 heterocycles. The molecule has 5 aromatic rings. The van der Waals surface area contributed by atoms with Gasteiger partial charge in [0, 0.05) is 47.3 Å². The van der Waals surface area contributed by atoms with Crippen LogP contribution in [0, 0.1) is 0 Å². The third-order valence-electron chi connectivity index (χ3n) is 6.39. The van der Waals surface area contributed by atoms with E-state index in [0.717, 1.165) is 22.5 Å². The standard InChI is InChI=1S/C31H28Cl2N6O2/c1-20(40)19-36-31-35-14-13-27(38-31)39-16-15-34-28(39)18-21-3-2-4-26(17-21)37-30(41)29(22-5-9-24(32)10-6-22)23-7-11-25(33)12-8-23/h2-17,20,29,40H,18-19H2,1H3,(H,37,41)(H,35,36,38)/t20-/m0/s1. The van der Waals surface area contributed by atoms with Gasteiger partial charge in [0.15, 0.2) is 0 Å². The summed E-state index contributed by atoms with van der Waals surface area (Å²) < 4.78 is 1.89. The summed E-state index contributed by atoms with van der Waals surface area (Å²) in [5.74, 6) is 1.12. The first-order valence-electron chi connectivity index (χ1n) is 13.0. The first-order chi connectivity index (χ1) is 19.9. The van der Waals surface area contributed by atoms with E-state index in [-0.39, 0.29) is 5.91 Å². The minimum absolute atomic E-state index is 0.175. The van der Waals surface area contributed by atoms with Gasteiger partial charge < -0.3 is 15.7 Å². The summed E-state index contributed by atoms with van der Waals surface area (Å²) in [6.07, 6.45) is 5.20. The van der Waals surface area contributed by atoms with Crippen molar-refractivity contribution in [2.24, 2.45) is 0 Å². The van der Waals surface area contributed by atoms with Gasteiger partial charge in [-0.25, -0.2) is 9.97 Å². The number of carbonyl (C=O) groups excluding carboxylic acids is 1. The van der Waals surface area contributed by atoms with Gasteiger partial charge in [-0.15, -0.1) is 0 Å². The smallest absolute Gasteiger partial charge is 0.236 e. The van der Waals surface area contributed by atoms with Crippen LogP contribution in [0.15, 0.2) is 97.5 Å². The Morgan fingerprint density at radius 2 is 1.61 bits per heavy atom. The van der Waals surface area contributed by atoms with Crippen molar-refractivity contribution in [2.45, 2.75) is 25.4 Å². The van der Waals surface area contributed by atoms with Crippen LogP contribution in [-0.2, 0) is 11.2 Å². The summed E-state index contributed by atoms with van der Waals surface area (Å²) in [6, 6.07) is 24.0. The topological polar surface area (TPSA) is 105 Å². The predicted molar refractivity (Wildman–Crippen MR) is 162 cm³/mol. The molecule has 208 valence electrons. The van der Waals surface area contributed by atoms with Crippen LogP contribution in [0.4, 0.5) is 11.6 Å². The molecule has 0 radical (unpaired) electrons. The van der Waals surface area contributed by atoms with Crippen molar-refractivity contribution in [3.8, 4) is 5.82 Å². The highest BCUT2D eigenvalue weighted by molar-refractivity contribution is 6.30. The Hall–Kier alpha value is -4.24. The van der Waals surface area contributed by atoms with E-state index in [9.17, 15) is 9.90 Å². The van der Waals surface area contributed by atoms with Crippen molar-refractivity contribution in [3.05, 3.63) is 130 Å². The van der Waals surface area contributed by atoms with Crippen LogP contribution in [0.3, 0.4) is 0 Å². The molecule has 0 saturated carbocycles. The molecule has 0 aliphatic rings. The van der Waals surface area contributed by atoms with Gasteiger partial charge >= 0.3 is 0 Å². The Kier molecular flexibility index (Phi) is 8.94. The highest BCUT2D eigenvalue weighted by Gasteiger charge is 2.23. The number of anilines is 2. The number of imidazole rings is 1. The van der Waals surface area contributed by atoms with E-state index in [0.29, 0.717) is 40.5 Å². The summed E-state index contributed by atoms with van der Waals surface area (Å²) in [7, 11) is 0. The average Bonchev–Trinajstić information content (AvgIpc) is 3.42. The second-order valence-corrected chi connectivity index (χ2v) is 10.5. The first-order valence-corrected chi connectivity index (χ1v) is 13.8. The number of hydrogen-bond donors (Lipinski definition) is 3. The molecule has 0 fully saturated rings. The molecule has 0 saturated heterocycles. The zero-order valence-corrected chi connectivity index (χ0v) is 23.7.